The van der Waals surface area contributed by atoms with Gasteiger partial charge < -0.3 is 9.30 Å². The van der Waals surface area contributed by atoms with E-state index >= 15 is 0 Å². The Hall–Kier alpha value is -0.830. The molecule has 1 aromatic rings. The molecule has 0 aliphatic heterocycles. The summed E-state index contributed by atoms with van der Waals surface area (Å²) in [4.78, 5) is 3.94. The van der Waals surface area contributed by atoms with Gasteiger partial charge in [-0.05, 0) is 13.3 Å². The van der Waals surface area contributed by atoms with Crippen LogP contribution >= 0.6 is 0 Å². The number of nitrogens with zero attached hydrogens (tertiary/aromatic N) is 2. The minimum absolute atomic E-state index is 0.809. The fourth-order valence-electron chi connectivity index (χ4n) is 0.913. The van der Waals surface area contributed by atoms with Gasteiger partial charge >= 0.3 is 0 Å². The molecule has 0 aliphatic carbocycles. The van der Waals surface area contributed by atoms with Crippen LogP contribution in [0.4, 0.5) is 0 Å². The fourth-order valence-corrected chi connectivity index (χ4v) is 0.913. The third-order valence-corrected chi connectivity index (χ3v) is 1.47. The molecule has 11 heavy (non-hydrogen) atoms. The van der Waals surface area contributed by atoms with Crippen molar-refractivity contribution < 1.29 is 4.74 Å². The van der Waals surface area contributed by atoms with E-state index in [0.717, 1.165) is 26.2 Å². The van der Waals surface area contributed by atoms with Crippen molar-refractivity contribution in [3.05, 3.63) is 18.7 Å². The van der Waals surface area contributed by atoms with Crippen LogP contribution in [-0.2, 0) is 11.3 Å². The molecular formula is C8H14N2O. The molecule has 0 aromatic carbocycles. The predicted molar refractivity (Wildman–Crippen MR) is 43.3 cm³/mol. The van der Waals surface area contributed by atoms with Crippen LogP contribution in [-0.4, -0.2) is 22.8 Å². The zero-order valence-electron chi connectivity index (χ0n) is 6.86. The summed E-state index contributed by atoms with van der Waals surface area (Å²) in [5.41, 5.74) is 0. The van der Waals surface area contributed by atoms with E-state index < -0.39 is 0 Å². The zero-order chi connectivity index (χ0) is 7.94. The van der Waals surface area contributed by atoms with E-state index in [0.29, 0.717) is 0 Å². The van der Waals surface area contributed by atoms with Crippen molar-refractivity contribution in [3.8, 4) is 0 Å². The first-order chi connectivity index (χ1) is 5.43. The molecule has 0 fully saturated rings. The van der Waals surface area contributed by atoms with Gasteiger partial charge in [-0.1, -0.05) is 0 Å². The van der Waals surface area contributed by atoms with E-state index in [9.17, 15) is 0 Å². The smallest absolute Gasteiger partial charge is 0.0945 e. The standard InChI is InChI=1S/C8H14N2O/c1-2-11-7-3-5-10-6-4-9-8-10/h4,6,8H,2-3,5,7H2,1H3. The maximum absolute atomic E-state index is 5.20. The van der Waals surface area contributed by atoms with Gasteiger partial charge in [-0.15, -0.1) is 0 Å². The first kappa shape index (κ1) is 8.27. The molecule has 0 amide bonds. The molecule has 1 aromatic heterocycles. The molecule has 3 nitrogen and oxygen atoms in total. The minimum Gasteiger partial charge on any atom is -0.382 e. The van der Waals surface area contributed by atoms with Crippen molar-refractivity contribution in [1.82, 2.24) is 9.55 Å². The Labute approximate surface area is 67.0 Å². The molecule has 0 radical (unpaired) electrons. The second-order valence-electron chi connectivity index (χ2n) is 2.35. The highest BCUT2D eigenvalue weighted by molar-refractivity contribution is 4.73. The molecule has 0 aliphatic rings. The SMILES string of the molecule is CCOCCCn1ccnc1. The molecule has 0 N–H and O–H groups in total. The van der Waals surface area contributed by atoms with Crippen molar-refractivity contribution in [3.63, 3.8) is 0 Å². The Morgan fingerprint density at radius 1 is 1.55 bits per heavy atom. The summed E-state index contributed by atoms with van der Waals surface area (Å²) in [7, 11) is 0. The number of hydrogen-bond acceptors (Lipinski definition) is 2. The lowest BCUT2D eigenvalue weighted by Crippen LogP contribution is -2.00. The van der Waals surface area contributed by atoms with Crippen LogP contribution < -0.4 is 0 Å². The Bertz CT molecular complexity index is 172. The van der Waals surface area contributed by atoms with Gasteiger partial charge in [-0.3, -0.25) is 0 Å². The maximum atomic E-state index is 5.20. The van der Waals surface area contributed by atoms with Gasteiger partial charge in [0.2, 0.25) is 0 Å². The number of hydrogen-bond donors (Lipinski definition) is 0. The van der Waals surface area contributed by atoms with Crippen LogP contribution in [0, 0.1) is 0 Å². The average Bonchev–Trinajstić information content (AvgIpc) is 2.50. The third kappa shape index (κ3) is 3.18. The first-order valence-electron chi connectivity index (χ1n) is 3.97. The van der Waals surface area contributed by atoms with E-state index in [2.05, 4.69) is 9.55 Å². The van der Waals surface area contributed by atoms with Gasteiger partial charge in [0.1, 0.15) is 0 Å². The predicted octanol–water partition coefficient (Wildman–Crippen LogP) is 1.31. The Morgan fingerprint density at radius 3 is 3.09 bits per heavy atom. The number of rotatable bonds is 5. The van der Waals surface area contributed by atoms with Gasteiger partial charge in [0.15, 0.2) is 0 Å². The lowest BCUT2D eigenvalue weighted by Gasteiger charge is -2.01. The summed E-state index contributed by atoms with van der Waals surface area (Å²) in [6.07, 6.45) is 6.64. The summed E-state index contributed by atoms with van der Waals surface area (Å²) in [5, 5.41) is 0. The van der Waals surface area contributed by atoms with Gasteiger partial charge in [-0.2, -0.15) is 0 Å². The van der Waals surface area contributed by atoms with Crippen LogP contribution in [0.2, 0.25) is 0 Å². The Kier molecular flexibility index (Phi) is 3.69. The molecule has 0 saturated carbocycles. The van der Waals surface area contributed by atoms with E-state index in [1.807, 2.05) is 19.4 Å². The number of imidazole rings is 1. The van der Waals surface area contributed by atoms with Crippen LogP contribution in [0.5, 0.6) is 0 Å². The number of aryl methyl sites for hydroxylation is 1. The maximum Gasteiger partial charge on any atom is 0.0945 e. The number of aromatic nitrogens is 2. The molecule has 62 valence electrons. The summed E-state index contributed by atoms with van der Waals surface area (Å²) < 4.78 is 7.25. The molecule has 0 unspecified atom stereocenters. The highest BCUT2D eigenvalue weighted by atomic mass is 16.5. The lowest BCUT2D eigenvalue weighted by molar-refractivity contribution is 0.141. The van der Waals surface area contributed by atoms with E-state index in [1.54, 1.807) is 6.20 Å². The second kappa shape index (κ2) is 4.91. The largest absolute Gasteiger partial charge is 0.382 e. The Morgan fingerprint density at radius 2 is 2.45 bits per heavy atom. The van der Waals surface area contributed by atoms with Gasteiger partial charge in [0.25, 0.3) is 0 Å². The highest BCUT2D eigenvalue weighted by Gasteiger charge is 1.88. The number of ether oxygens (including phenoxy) is 1. The van der Waals surface area contributed by atoms with Crippen molar-refractivity contribution in [2.45, 2.75) is 19.9 Å². The van der Waals surface area contributed by atoms with E-state index in [4.69, 9.17) is 4.74 Å². The molecular weight excluding hydrogens is 140 g/mol. The molecule has 1 rings (SSSR count). The second-order valence-corrected chi connectivity index (χ2v) is 2.35. The van der Waals surface area contributed by atoms with Crippen LogP contribution in [0.15, 0.2) is 18.7 Å². The lowest BCUT2D eigenvalue weighted by atomic mass is 10.4. The molecule has 0 atom stereocenters. The molecule has 0 saturated heterocycles. The monoisotopic (exact) mass is 154 g/mol. The van der Waals surface area contributed by atoms with E-state index in [1.165, 1.54) is 0 Å². The summed E-state index contributed by atoms with van der Waals surface area (Å²) in [6, 6.07) is 0. The molecule has 1 heterocycles. The topological polar surface area (TPSA) is 27.1 Å². The summed E-state index contributed by atoms with van der Waals surface area (Å²) in [5.74, 6) is 0. The van der Waals surface area contributed by atoms with Crippen molar-refractivity contribution in [2.75, 3.05) is 13.2 Å². The van der Waals surface area contributed by atoms with Crippen molar-refractivity contribution in [1.29, 1.82) is 0 Å². The Balaban J connectivity index is 2.04. The van der Waals surface area contributed by atoms with E-state index in [-0.39, 0.29) is 0 Å². The quantitative estimate of drug-likeness (QED) is 0.598. The molecule has 0 bridgehead atoms. The highest BCUT2D eigenvalue weighted by Crippen LogP contribution is 1.90. The van der Waals surface area contributed by atoms with Crippen LogP contribution in [0.3, 0.4) is 0 Å². The van der Waals surface area contributed by atoms with Crippen molar-refractivity contribution in [2.24, 2.45) is 0 Å². The van der Waals surface area contributed by atoms with Gasteiger partial charge in [-0.25, -0.2) is 4.98 Å². The molecule has 0 spiro atoms. The van der Waals surface area contributed by atoms with Crippen molar-refractivity contribution >= 4 is 0 Å². The first-order valence-corrected chi connectivity index (χ1v) is 3.97. The molecule has 3 heteroatoms. The fraction of sp³-hybridized carbons (Fsp3) is 0.625. The average molecular weight is 154 g/mol. The van der Waals surface area contributed by atoms with Gasteiger partial charge in [0, 0.05) is 32.2 Å². The van der Waals surface area contributed by atoms with Crippen LogP contribution in [0.25, 0.3) is 0 Å². The normalized spacial score (nSPS) is 10.3. The third-order valence-electron chi connectivity index (χ3n) is 1.47. The minimum atomic E-state index is 0.809. The van der Waals surface area contributed by atoms with Gasteiger partial charge in [0.05, 0.1) is 6.33 Å². The van der Waals surface area contributed by atoms with Crippen LogP contribution in [0.1, 0.15) is 13.3 Å². The summed E-state index contributed by atoms with van der Waals surface area (Å²) in [6.45, 7) is 4.66. The zero-order valence-corrected chi connectivity index (χ0v) is 6.86. The summed E-state index contributed by atoms with van der Waals surface area (Å²) >= 11 is 0.